The average Bonchev–Trinajstić information content (AvgIpc) is 2.21. The number of carbonyl (C=O) groups is 2. The van der Waals surface area contributed by atoms with Crippen LogP contribution in [0, 0.1) is 0 Å². The van der Waals surface area contributed by atoms with Crippen LogP contribution in [0.5, 0.6) is 0 Å². The van der Waals surface area contributed by atoms with Gasteiger partial charge in [-0.15, -0.1) is 0 Å². The Bertz CT molecular complexity index is 298. The molecular formula is C12H21F2NO3. The molecule has 0 unspecified atom stereocenters. The van der Waals surface area contributed by atoms with Crippen molar-refractivity contribution >= 4 is 11.9 Å². The number of hydrogen-bond donors (Lipinski definition) is 1. The Morgan fingerprint density at radius 3 is 2.22 bits per heavy atom. The molecule has 0 aliphatic carbocycles. The molecule has 0 radical (unpaired) electrons. The van der Waals surface area contributed by atoms with E-state index >= 15 is 0 Å². The summed E-state index contributed by atoms with van der Waals surface area (Å²) in [6.07, 6.45) is -0.166. The third-order valence-corrected chi connectivity index (χ3v) is 2.04. The summed E-state index contributed by atoms with van der Waals surface area (Å²) in [5, 5.41) is 2.10. The highest BCUT2D eigenvalue weighted by Gasteiger charge is 2.35. The molecule has 1 N–H and O–H groups in total. The zero-order valence-corrected chi connectivity index (χ0v) is 11.3. The zero-order valence-electron chi connectivity index (χ0n) is 11.3. The molecule has 18 heavy (non-hydrogen) atoms. The van der Waals surface area contributed by atoms with E-state index in [1.807, 2.05) is 0 Å². The van der Waals surface area contributed by atoms with Gasteiger partial charge in [-0.2, -0.15) is 8.78 Å². The number of alkyl halides is 2. The molecule has 4 nitrogen and oxygen atoms in total. The first-order chi connectivity index (χ1) is 8.08. The van der Waals surface area contributed by atoms with E-state index in [2.05, 4.69) is 5.32 Å². The lowest BCUT2D eigenvalue weighted by Crippen LogP contribution is -2.40. The SMILES string of the molecule is CCC(F)(F)C(=O)NCCCC(=O)OC(C)(C)C. The molecule has 6 heteroatoms. The maximum Gasteiger partial charge on any atom is 0.324 e. The van der Waals surface area contributed by atoms with Gasteiger partial charge in [-0.3, -0.25) is 9.59 Å². The van der Waals surface area contributed by atoms with Gasteiger partial charge in [-0.1, -0.05) is 6.92 Å². The molecule has 0 aromatic carbocycles. The lowest BCUT2D eigenvalue weighted by molar-refractivity contribution is -0.155. The number of nitrogens with one attached hydrogen (secondary N) is 1. The van der Waals surface area contributed by atoms with E-state index < -0.39 is 29.8 Å². The molecular weight excluding hydrogens is 244 g/mol. The van der Waals surface area contributed by atoms with Crippen LogP contribution in [-0.4, -0.2) is 29.9 Å². The van der Waals surface area contributed by atoms with E-state index in [-0.39, 0.29) is 19.4 Å². The second-order valence-electron chi connectivity index (χ2n) is 5.00. The molecule has 0 aliphatic heterocycles. The molecule has 0 rings (SSSR count). The topological polar surface area (TPSA) is 55.4 Å². The monoisotopic (exact) mass is 265 g/mol. The number of ether oxygens (including phenoxy) is 1. The Morgan fingerprint density at radius 1 is 1.22 bits per heavy atom. The van der Waals surface area contributed by atoms with Crippen LogP contribution >= 0.6 is 0 Å². The number of hydrogen-bond acceptors (Lipinski definition) is 3. The highest BCUT2D eigenvalue weighted by Crippen LogP contribution is 2.17. The van der Waals surface area contributed by atoms with Gasteiger partial charge in [0, 0.05) is 19.4 Å². The highest BCUT2D eigenvalue weighted by atomic mass is 19.3. The van der Waals surface area contributed by atoms with Crippen molar-refractivity contribution < 1.29 is 23.1 Å². The van der Waals surface area contributed by atoms with Gasteiger partial charge in [-0.25, -0.2) is 0 Å². The van der Waals surface area contributed by atoms with Crippen molar-refractivity contribution in [1.82, 2.24) is 5.32 Å². The summed E-state index contributed by atoms with van der Waals surface area (Å²) in [5.41, 5.74) is -0.560. The number of rotatable bonds is 6. The molecule has 1 amide bonds. The zero-order chi connectivity index (χ0) is 14.4. The van der Waals surface area contributed by atoms with Crippen LogP contribution in [0.3, 0.4) is 0 Å². The maximum absolute atomic E-state index is 12.9. The summed E-state index contributed by atoms with van der Waals surface area (Å²) in [5.74, 6) is -5.04. The first-order valence-corrected chi connectivity index (χ1v) is 5.96. The third-order valence-electron chi connectivity index (χ3n) is 2.04. The predicted molar refractivity (Wildman–Crippen MR) is 63.3 cm³/mol. The normalized spacial score (nSPS) is 12.1. The fraction of sp³-hybridized carbons (Fsp3) is 0.833. The average molecular weight is 265 g/mol. The molecule has 0 spiro atoms. The summed E-state index contributed by atoms with van der Waals surface area (Å²) in [6, 6.07) is 0. The van der Waals surface area contributed by atoms with Crippen molar-refractivity contribution in [3.8, 4) is 0 Å². The van der Waals surface area contributed by atoms with E-state index in [9.17, 15) is 18.4 Å². The van der Waals surface area contributed by atoms with Crippen LogP contribution in [0.15, 0.2) is 0 Å². The maximum atomic E-state index is 12.9. The molecule has 0 saturated carbocycles. The fourth-order valence-electron chi connectivity index (χ4n) is 1.12. The van der Waals surface area contributed by atoms with Crippen LogP contribution in [0.4, 0.5) is 8.78 Å². The molecule has 0 aromatic heterocycles. The molecule has 0 saturated heterocycles. The molecule has 0 heterocycles. The van der Waals surface area contributed by atoms with E-state index in [1.165, 1.54) is 6.92 Å². The lowest BCUT2D eigenvalue weighted by Gasteiger charge is -2.19. The first kappa shape index (κ1) is 16.8. The van der Waals surface area contributed by atoms with Gasteiger partial charge in [0.05, 0.1) is 0 Å². The van der Waals surface area contributed by atoms with Crippen LogP contribution < -0.4 is 5.32 Å². The number of halogens is 2. The van der Waals surface area contributed by atoms with Crippen molar-refractivity contribution in [1.29, 1.82) is 0 Å². The summed E-state index contributed by atoms with van der Waals surface area (Å²) in [7, 11) is 0. The van der Waals surface area contributed by atoms with Crippen molar-refractivity contribution in [3.63, 3.8) is 0 Å². The summed E-state index contributed by atoms with van der Waals surface area (Å²) >= 11 is 0. The number of esters is 1. The van der Waals surface area contributed by atoms with E-state index in [1.54, 1.807) is 20.8 Å². The molecule has 0 aromatic rings. The minimum atomic E-state index is -3.34. The van der Waals surface area contributed by atoms with Crippen LogP contribution in [0.25, 0.3) is 0 Å². The quantitative estimate of drug-likeness (QED) is 0.592. The second kappa shape index (κ2) is 6.66. The van der Waals surface area contributed by atoms with Crippen LogP contribution in [-0.2, 0) is 14.3 Å². The largest absolute Gasteiger partial charge is 0.460 e. The highest BCUT2D eigenvalue weighted by molar-refractivity contribution is 5.83. The van der Waals surface area contributed by atoms with Crippen molar-refractivity contribution in [2.24, 2.45) is 0 Å². The Labute approximate surface area is 106 Å². The Hall–Kier alpha value is -1.20. The van der Waals surface area contributed by atoms with Gasteiger partial charge in [0.2, 0.25) is 0 Å². The van der Waals surface area contributed by atoms with Gasteiger partial charge in [-0.05, 0) is 27.2 Å². The van der Waals surface area contributed by atoms with Gasteiger partial charge in [0.1, 0.15) is 5.60 Å². The summed E-state index contributed by atoms with van der Waals surface area (Å²) in [6.45, 7) is 6.51. The van der Waals surface area contributed by atoms with Crippen LogP contribution in [0.1, 0.15) is 47.0 Å². The summed E-state index contributed by atoms with van der Waals surface area (Å²) < 4.78 is 30.7. The first-order valence-electron chi connectivity index (χ1n) is 5.96. The minimum Gasteiger partial charge on any atom is -0.460 e. The number of amides is 1. The fourth-order valence-corrected chi connectivity index (χ4v) is 1.12. The van der Waals surface area contributed by atoms with Gasteiger partial charge < -0.3 is 10.1 Å². The summed E-state index contributed by atoms with van der Waals surface area (Å²) in [4.78, 5) is 22.3. The molecule has 106 valence electrons. The van der Waals surface area contributed by atoms with Gasteiger partial charge in [0.15, 0.2) is 0 Å². The Kier molecular flexibility index (Phi) is 6.21. The Morgan fingerprint density at radius 2 is 1.78 bits per heavy atom. The standard InChI is InChI=1S/C12H21F2NO3/c1-5-12(13,14)10(17)15-8-6-7-9(16)18-11(2,3)4/h5-8H2,1-4H3,(H,15,17). The second-order valence-corrected chi connectivity index (χ2v) is 5.00. The third kappa shape index (κ3) is 7.19. The molecule has 0 fully saturated rings. The predicted octanol–water partition coefficient (Wildman–Crippen LogP) is 2.27. The Balaban J connectivity index is 3.82. The number of carbonyl (C=O) groups excluding carboxylic acids is 2. The van der Waals surface area contributed by atoms with Crippen LogP contribution in [0.2, 0.25) is 0 Å². The molecule has 0 aliphatic rings. The molecule has 0 bridgehead atoms. The smallest absolute Gasteiger partial charge is 0.324 e. The van der Waals surface area contributed by atoms with Crippen molar-refractivity contribution in [2.75, 3.05) is 6.54 Å². The van der Waals surface area contributed by atoms with Crippen molar-refractivity contribution in [3.05, 3.63) is 0 Å². The van der Waals surface area contributed by atoms with E-state index in [4.69, 9.17) is 4.74 Å². The minimum absolute atomic E-state index is 0.0354. The van der Waals surface area contributed by atoms with E-state index in [0.717, 1.165) is 0 Å². The van der Waals surface area contributed by atoms with Gasteiger partial charge >= 0.3 is 11.9 Å². The van der Waals surface area contributed by atoms with E-state index in [0.29, 0.717) is 0 Å². The molecule has 0 atom stereocenters. The lowest BCUT2D eigenvalue weighted by atomic mass is 10.2. The van der Waals surface area contributed by atoms with Crippen molar-refractivity contribution in [2.45, 2.75) is 58.5 Å². The van der Waals surface area contributed by atoms with Gasteiger partial charge in [0.25, 0.3) is 5.91 Å².